The molecular weight excluding hydrogens is 314 g/mol. The van der Waals surface area contributed by atoms with Gasteiger partial charge in [0.2, 0.25) is 5.91 Å². The van der Waals surface area contributed by atoms with Crippen molar-refractivity contribution in [3.63, 3.8) is 0 Å². The lowest BCUT2D eigenvalue weighted by Crippen LogP contribution is -2.40. The molecule has 0 fully saturated rings. The third-order valence-corrected chi connectivity index (χ3v) is 5.27. The number of fused-ring (bicyclic) bond motifs is 1. The number of carbonyl (C=O) groups excluding carboxylic acids is 1. The van der Waals surface area contributed by atoms with Gasteiger partial charge in [-0.2, -0.15) is 0 Å². The number of hydrogen-bond donors (Lipinski definition) is 0. The predicted octanol–water partition coefficient (Wildman–Crippen LogP) is 4.80. The summed E-state index contributed by atoms with van der Waals surface area (Å²) >= 11 is 7.48. The second-order valence-corrected chi connectivity index (χ2v) is 7.45. The standard InChI is InChI=1S/C18H18ClNOS/c1-12-11-14-5-3-4-6-17(14)20(12)18(21)13(2)22-16-9-7-15(19)8-10-16/h3-10,12-13H,11H2,1-2H3/t12-,13-/m1/s1. The number of rotatable bonds is 3. The fourth-order valence-electron chi connectivity index (χ4n) is 2.86. The lowest BCUT2D eigenvalue weighted by Gasteiger charge is -2.25. The fraction of sp³-hybridized carbons (Fsp3) is 0.278. The number of anilines is 1. The molecule has 114 valence electrons. The summed E-state index contributed by atoms with van der Waals surface area (Å²) in [4.78, 5) is 15.9. The van der Waals surface area contributed by atoms with Crippen LogP contribution in [-0.2, 0) is 11.2 Å². The van der Waals surface area contributed by atoms with E-state index >= 15 is 0 Å². The molecule has 0 saturated carbocycles. The van der Waals surface area contributed by atoms with E-state index in [1.54, 1.807) is 11.8 Å². The van der Waals surface area contributed by atoms with Crippen molar-refractivity contribution >= 4 is 35.0 Å². The van der Waals surface area contributed by atoms with Gasteiger partial charge in [-0.05, 0) is 56.2 Å². The summed E-state index contributed by atoms with van der Waals surface area (Å²) < 4.78 is 0. The molecule has 3 rings (SSSR count). The van der Waals surface area contributed by atoms with Crippen LogP contribution in [0.2, 0.25) is 5.02 Å². The molecule has 0 aromatic heterocycles. The van der Waals surface area contributed by atoms with Crippen LogP contribution in [0, 0.1) is 0 Å². The zero-order chi connectivity index (χ0) is 15.7. The highest BCUT2D eigenvalue weighted by Gasteiger charge is 2.33. The molecule has 0 aliphatic carbocycles. The topological polar surface area (TPSA) is 20.3 Å². The maximum atomic E-state index is 12.9. The van der Waals surface area contributed by atoms with Crippen molar-refractivity contribution in [1.82, 2.24) is 0 Å². The van der Waals surface area contributed by atoms with Gasteiger partial charge in [-0.25, -0.2) is 0 Å². The normalized spacial score (nSPS) is 18.1. The molecule has 0 radical (unpaired) electrons. The highest BCUT2D eigenvalue weighted by molar-refractivity contribution is 8.00. The smallest absolute Gasteiger partial charge is 0.240 e. The van der Waals surface area contributed by atoms with Crippen molar-refractivity contribution in [2.45, 2.75) is 36.5 Å². The molecule has 1 heterocycles. The molecule has 2 aromatic carbocycles. The van der Waals surface area contributed by atoms with E-state index in [1.165, 1.54) is 5.56 Å². The van der Waals surface area contributed by atoms with E-state index in [1.807, 2.05) is 54.3 Å². The second kappa shape index (κ2) is 6.35. The van der Waals surface area contributed by atoms with E-state index in [2.05, 4.69) is 13.0 Å². The first-order chi connectivity index (χ1) is 10.6. The Morgan fingerprint density at radius 3 is 2.64 bits per heavy atom. The Kier molecular flexibility index (Phi) is 4.46. The fourth-order valence-corrected chi connectivity index (χ4v) is 3.91. The van der Waals surface area contributed by atoms with Gasteiger partial charge in [0.1, 0.15) is 0 Å². The molecule has 0 N–H and O–H groups in total. The summed E-state index contributed by atoms with van der Waals surface area (Å²) in [6.45, 7) is 4.08. The average Bonchev–Trinajstić information content (AvgIpc) is 2.84. The van der Waals surface area contributed by atoms with Gasteiger partial charge in [0.15, 0.2) is 0 Å². The third-order valence-electron chi connectivity index (χ3n) is 3.92. The summed E-state index contributed by atoms with van der Waals surface area (Å²) in [7, 11) is 0. The lowest BCUT2D eigenvalue weighted by atomic mass is 10.1. The van der Waals surface area contributed by atoms with Crippen LogP contribution in [0.15, 0.2) is 53.4 Å². The minimum Gasteiger partial charge on any atom is -0.308 e. The highest BCUT2D eigenvalue weighted by Crippen LogP contribution is 2.34. The van der Waals surface area contributed by atoms with E-state index in [0.717, 1.165) is 17.0 Å². The van der Waals surface area contributed by atoms with Gasteiger partial charge in [0, 0.05) is 21.6 Å². The van der Waals surface area contributed by atoms with Gasteiger partial charge >= 0.3 is 0 Å². The van der Waals surface area contributed by atoms with Crippen LogP contribution in [0.1, 0.15) is 19.4 Å². The van der Waals surface area contributed by atoms with Crippen LogP contribution in [0.5, 0.6) is 0 Å². The second-order valence-electron chi connectivity index (χ2n) is 5.60. The van der Waals surface area contributed by atoms with Crippen LogP contribution >= 0.6 is 23.4 Å². The van der Waals surface area contributed by atoms with E-state index in [4.69, 9.17) is 11.6 Å². The molecule has 22 heavy (non-hydrogen) atoms. The molecular formula is C18H18ClNOS. The monoisotopic (exact) mass is 331 g/mol. The zero-order valence-corrected chi connectivity index (χ0v) is 14.2. The number of amides is 1. The molecule has 1 aliphatic rings. The van der Waals surface area contributed by atoms with Gasteiger partial charge in [-0.3, -0.25) is 4.79 Å². The Bertz CT molecular complexity index is 686. The van der Waals surface area contributed by atoms with Gasteiger partial charge < -0.3 is 4.90 Å². The number of nitrogens with zero attached hydrogens (tertiary/aromatic N) is 1. The highest BCUT2D eigenvalue weighted by atomic mass is 35.5. The predicted molar refractivity (Wildman–Crippen MR) is 93.9 cm³/mol. The summed E-state index contributed by atoms with van der Waals surface area (Å²) in [5, 5.41) is 0.584. The van der Waals surface area contributed by atoms with Gasteiger partial charge in [-0.15, -0.1) is 11.8 Å². The van der Waals surface area contributed by atoms with Gasteiger partial charge in [0.25, 0.3) is 0 Å². The number of benzene rings is 2. The molecule has 0 saturated heterocycles. The molecule has 0 bridgehead atoms. The van der Waals surface area contributed by atoms with Crippen molar-refractivity contribution in [2.24, 2.45) is 0 Å². The summed E-state index contributed by atoms with van der Waals surface area (Å²) in [5.74, 6) is 0.164. The number of para-hydroxylation sites is 1. The van der Waals surface area contributed by atoms with E-state index in [9.17, 15) is 4.79 Å². The van der Waals surface area contributed by atoms with Crippen molar-refractivity contribution in [3.05, 3.63) is 59.1 Å². The number of halogens is 1. The third kappa shape index (κ3) is 3.01. The van der Waals surface area contributed by atoms with Crippen LogP contribution in [0.25, 0.3) is 0 Å². The zero-order valence-electron chi connectivity index (χ0n) is 12.6. The minimum atomic E-state index is -0.130. The first-order valence-electron chi connectivity index (χ1n) is 7.39. The Labute approximate surface area is 140 Å². The lowest BCUT2D eigenvalue weighted by molar-refractivity contribution is -0.118. The number of thioether (sulfide) groups is 1. The molecule has 1 amide bonds. The molecule has 1 aliphatic heterocycles. The van der Waals surface area contributed by atoms with E-state index < -0.39 is 0 Å². The molecule has 0 unspecified atom stereocenters. The van der Waals surface area contributed by atoms with E-state index in [-0.39, 0.29) is 17.2 Å². The molecule has 2 atom stereocenters. The SMILES string of the molecule is C[C@@H]1Cc2ccccc2N1C(=O)[C@@H](C)Sc1ccc(Cl)cc1. The maximum absolute atomic E-state index is 12.9. The Morgan fingerprint density at radius 2 is 1.91 bits per heavy atom. The van der Waals surface area contributed by atoms with Crippen LogP contribution in [0.3, 0.4) is 0 Å². The quantitative estimate of drug-likeness (QED) is 0.753. The Hall–Kier alpha value is -1.45. The maximum Gasteiger partial charge on any atom is 0.240 e. The van der Waals surface area contributed by atoms with Crippen molar-refractivity contribution in [2.75, 3.05) is 4.90 Å². The van der Waals surface area contributed by atoms with Crippen molar-refractivity contribution in [1.29, 1.82) is 0 Å². The number of carbonyl (C=O) groups is 1. The van der Waals surface area contributed by atoms with Gasteiger partial charge in [0.05, 0.1) is 5.25 Å². The first-order valence-corrected chi connectivity index (χ1v) is 8.65. The van der Waals surface area contributed by atoms with Crippen molar-refractivity contribution < 1.29 is 4.79 Å². The van der Waals surface area contributed by atoms with Crippen LogP contribution in [-0.4, -0.2) is 17.2 Å². The number of hydrogen-bond acceptors (Lipinski definition) is 2. The summed E-state index contributed by atoms with van der Waals surface area (Å²) in [5.41, 5.74) is 2.32. The largest absolute Gasteiger partial charge is 0.308 e. The van der Waals surface area contributed by atoms with Crippen LogP contribution < -0.4 is 4.90 Å². The average molecular weight is 332 g/mol. The first kappa shape index (κ1) is 15.4. The Morgan fingerprint density at radius 1 is 1.23 bits per heavy atom. The van der Waals surface area contributed by atoms with Crippen LogP contribution in [0.4, 0.5) is 5.69 Å². The van der Waals surface area contributed by atoms with Gasteiger partial charge in [-0.1, -0.05) is 29.8 Å². The molecule has 2 aromatic rings. The summed E-state index contributed by atoms with van der Waals surface area (Å²) in [6, 6.07) is 16.0. The Balaban J connectivity index is 1.77. The van der Waals surface area contributed by atoms with E-state index in [0.29, 0.717) is 5.02 Å². The molecule has 4 heteroatoms. The molecule has 0 spiro atoms. The molecule has 2 nitrogen and oxygen atoms in total. The summed E-state index contributed by atoms with van der Waals surface area (Å²) in [6.07, 6.45) is 0.931. The van der Waals surface area contributed by atoms with Crippen molar-refractivity contribution in [3.8, 4) is 0 Å². The minimum absolute atomic E-state index is 0.130.